The highest BCUT2D eigenvalue weighted by Crippen LogP contribution is 2.42. The normalized spacial score (nSPS) is 11.5. The van der Waals surface area contributed by atoms with E-state index in [-0.39, 0.29) is 0 Å². The molecule has 0 saturated carbocycles. The Morgan fingerprint density at radius 2 is 0.891 bits per heavy atom. The van der Waals surface area contributed by atoms with E-state index in [1.165, 1.54) is 0 Å². The summed E-state index contributed by atoms with van der Waals surface area (Å²) in [6, 6.07) is 54.3. The fourth-order valence-corrected chi connectivity index (χ4v) is 6.74. The largest absolute Gasteiger partial charge is 0.455 e. The molecule has 0 N–H and O–H groups in total. The molecule has 0 amide bonds. The number of nitrogens with zero attached hydrogens (tertiary/aromatic N) is 1. The second kappa shape index (κ2) is 10.4. The lowest BCUT2D eigenvalue weighted by atomic mass is 9.90. The molecule has 2 aromatic heterocycles. The highest BCUT2D eigenvalue weighted by atomic mass is 16.3. The van der Waals surface area contributed by atoms with Crippen LogP contribution >= 0.6 is 0 Å². The van der Waals surface area contributed by atoms with Crippen LogP contribution in [0.5, 0.6) is 0 Å². The molecule has 3 heteroatoms. The van der Waals surface area contributed by atoms with Gasteiger partial charge in [0.05, 0.1) is 11.6 Å². The summed E-state index contributed by atoms with van der Waals surface area (Å²) >= 11 is 0. The van der Waals surface area contributed by atoms with E-state index in [0.29, 0.717) is 5.56 Å². The zero-order chi connectivity index (χ0) is 30.6. The van der Waals surface area contributed by atoms with Crippen LogP contribution in [0, 0.1) is 11.3 Å². The number of rotatable bonds is 4. The summed E-state index contributed by atoms with van der Waals surface area (Å²) in [6.07, 6.45) is 0. The second-order valence-corrected chi connectivity index (χ2v) is 11.6. The van der Waals surface area contributed by atoms with Crippen molar-refractivity contribution in [1.82, 2.24) is 0 Å². The minimum atomic E-state index is 0.634. The van der Waals surface area contributed by atoms with Crippen molar-refractivity contribution in [3.63, 3.8) is 0 Å². The van der Waals surface area contributed by atoms with E-state index in [1.54, 1.807) is 0 Å². The SMILES string of the molecule is N#Cc1cc(-c2cc(-c3cccc4c3oc3ccccc34)cc(-c3cccc4c3oc3ccccc34)c2)ccc1-c1ccccc1. The van der Waals surface area contributed by atoms with Crippen molar-refractivity contribution in [3.8, 4) is 50.6 Å². The van der Waals surface area contributed by atoms with E-state index >= 15 is 0 Å². The summed E-state index contributed by atoms with van der Waals surface area (Å²) in [5.74, 6) is 0. The molecule has 0 aliphatic carbocycles. The molecule has 2 heterocycles. The van der Waals surface area contributed by atoms with Gasteiger partial charge in [-0.25, -0.2) is 0 Å². The van der Waals surface area contributed by atoms with Gasteiger partial charge in [-0.2, -0.15) is 5.26 Å². The summed E-state index contributed by atoms with van der Waals surface area (Å²) in [7, 11) is 0. The lowest BCUT2D eigenvalue weighted by molar-refractivity contribution is 0.670. The van der Waals surface area contributed by atoms with E-state index < -0.39 is 0 Å². The van der Waals surface area contributed by atoms with Crippen LogP contribution < -0.4 is 0 Å². The zero-order valence-electron chi connectivity index (χ0n) is 24.7. The molecular weight excluding hydrogens is 562 g/mol. The Morgan fingerprint density at radius 1 is 0.370 bits per heavy atom. The first-order chi connectivity index (χ1) is 22.7. The lowest BCUT2D eigenvalue weighted by Crippen LogP contribution is -1.90. The molecule has 0 aliphatic rings. The standard InChI is InChI=1S/C43H25NO2/c44-26-32-22-28(20-21-33(32)27-10-2-1-3-11-27)29-23-30(34-14-8-16-38-36-12-4-6-18-40(36)45-42(34)38)25-31(24-29)35-15-9-17-39-37-13-5-7-19-41(37)46-43(35)39/h1-25H. The summed E-state index contributed by atoms with van der Waals surface area (Å²) in [4.78, 5) is 0. The monoisotopic (exact) mass is 587 g/mol. The smallest absolute Gasteiger partial charge is 0.143 e. The maximum absolute atomic E-state index is 10.2. The van der Waals surface area contributed by atoms with Crippen LogP contribution in [0.1, 0.15) is 5.56 Å². The van der Waals surface area contributed by atoms with Crippen molar-refractivity contribution in [2.24, 2.45) is 0 Å². The number of hydrogen-bond acceptors (Lipinski definition) is 3. The van der Waals surface area contributed by atoms with Gasteiger partial charge in [-0.15, -0.1) is 0 Å². The van der Waals surface area contributed by atoms with Gasteiger partial charge in [0.15, 0.2) is 0 Å². The Labute approximate surface area is 265 Å². The van der Waals surface area contributed by atoms with Gasteiger partial charge < -0.3 is 8.83 Å². The lowest BCUT2D eigenvalue weighted by Gasteiger charge is -2.13. The molecule has 0 aliphatic heterocycles. The van der Waals surface area contributed by atoms with E-state index in [2.05, 4.69) is 84.9 Å². The average Bonchev–Trinajstić information content (AvgIpc) is 3.70. The summed E-state index contributed by atoms with van der Waals surface area (Å²) in [5.41, 5.74) is 12.0. The molecular formula is C43H25NO2. The minimum Gasteiger partial charge on any atom is -0.455 e. The Kier molecular flexibility index (Phi) is 5.88. The Balaban J connectivity index is 1.30. The Morgan fingerprint density at radius 3 is 1.48 bits per heavy atom. The van der Waals surface area contributed by atoms with Crippen LogP contribution in [0.4, 0.5) is 0 Å². The van der Waals surface area contributed by atoms with Crippen LogP contribution in [0.2, 0.25) is 0 Å². The Bertz CT molecular complexity index is 2520. The summed E-state index contributed by atoms with van der Waals surface area (Å²) < 4.78 is 13.0. The van der Waals surface area contributed by atoms with E-state index in [0.717, 1.165) is 88.4 Å². The molecule has 9 aromatic rings. The molecule has 0 unspecified atom stereocenters. The highest BCUT2D eigenvalue weighted by Gasteiger charge is 2.18. The van der Waals surface area contributed by atoms with Crippen molar-refractivity contribution in [2.75, 3.05) is 0 Å². The van der Waals surface area contributed by atoms with Crippen molar-refractivity contribution in [1.29, 1.82) is 5.26 Å². The first-order valence-corrected chi connectivity index (χ1v) is 15.3. The third-order valence-electron chi connectivity index (χ3n) is 8.92. The van der Waals surface area contributed by atoms with Crippen LogP contribution in [0.15, 0.2) is 160 Å². The van der Waals surface area contributed by atoms with Gasteiger partial charge in [-0.1, -0.05) is 115 Å². The number of para-hydroxylation sites is 4. The third kappa shape index (κ3) is 4.13. The number of nitriles is 1. The van der Waals surface area contributed by atoms with Gasteiger partial charge >= 0.3 is 0 Å². The quantitative estimate of drug-likeness (QED) is 0.206. The van der Waals surface area contributed by atoms with Crippen molar-refractivity contribution >= 4 is 43.9 Å². The topological polar surface area (TPSA) is 50.1 Å². The minimum absolute atomic E-state index is 0.634. The Hall–Kier alpha value is -6.37. The first kappa shape index (κ1) is 26.1. The number of hydrogen-bond donors (Lipinski definition) is 0. The fraction of sp³-hybridized carbons (Fsp3) is 0. The number of fused-ring (bicyclic) bond motifs is 6. The maximum Gasteiger partial charge on any atom is 0.143 e. The number of furan rings is 2. The fourth-order valence-electron chi connectivity index (χ4n) is 6.74. The third-order valence-corrected chi connectivity index (χ3v) is 8.92. The van der Waals surface area contributed by atoms with Gasteiger partial charge in [-0.3, -0.25) is 0 Å². The van der Waals surface area contributed by atoms with Crippen LogP contribution in [0.25, 0.3) is 88.4 Å². The van der Waals surface area contributed by atoms with Crippen LogP contribution in [0.3, 0.4) is 0 Å². The molecule has 0 atom stereocenters. The molecule has 0 fully saturated rings. The van der Waals surface area contributed by atoms with Gasteiger partial charge in [-0.05, 0) is 69.8 Å². The zero-order valence-corrected chi connectivity index (χ0v) is 24.7. The van der Waals surface area contributed by atoms with Crippen molar-refractivity contribution in [3.05, 3.63) is 157 Å². The second-order valence-electron chi connectivity index (χ2n) is 11.6. The highest BCUT2D eigenvalue weighted by molar-refractivity contribution is 6.11. The van der Waals surface area contributed by atoms with Crippen LogP contribution in [-0.2, 0) is 0 Å². The van der Waals surface area contributed by atoms with Crippen LogP contribution in [-0.4, -0.2) is 0 Å². The molecule has 0 radical (unpaired) electrons. The molecule has 0 spiro atoms. The molecule has 46 heavy (non-hydrogen) atoms. The van der Waals surface area contributed by atoms with Crippen molar-refractivity contribution in [2.45, 2.75) is 0 Å². The predicted molar refractivity (Wildman–Crippen MR) is 187 cm³/mol. The molecule has 0 bridgehead atoms. The average molecular weight is 588 g/mol. The molecule has 214 valence electrons. The van der Waals surface area contributed by atoms with Crippen molar-refractivity contribution < 1.29 is 8.83 Å². The molecule has 9 rings (SSSR count). The van der Waals surface area contributed by atoms with E-state index in [9.17, 15) is 5.26 Å². The predicted octanol–water partition coefficient (Wildman–Crippen LogP) is 12.0. The van der Waals surface area contributed by atoms with Gasteiger partial charge in [0.1, 0.15) is 22.3 Å². The molecule has 3 nitrogen and oxygen atoms in total. The van der Waals surface area contributed by atoms with E-state index in [1.807, 2.05) is 72.8 Å². The first-order valence-electron chi connectivity index (χ1n) is 15.3. The van der Waals surface area contributed by atoms with Gasteiger partial charge in [0.25, 0.3) is 0 Å². The van der Waals surface area contributed by atoms with Gasteiger partial charge in [0.2, 0.25) is 0 Å². The number of benzene rings is 7. The molecule has 7 aromatic carbocycles. The summed E-state index contributed by atoms with van der Waals surface area (Å²) in [6.45, 7) is 0. The summed E-state index contributed by atoms with van der Waals surface area (Å²) in [5, 5.41) is 14.6. The molecule has 0 saturated heterocycles. The van der Waals surface area contributed by atoms with E-state index in [4.69, 9.17) is 8.83 Å². The maximum atomic E-state index is 10.2. The van der Waals surface area contributed by atoms with Gasteiger partial charge in [0, 0.05) is 32.7 Å².